The van der Waals surface area contributed by atoms with E-state index in [1.54, 1.807) is 24.3 Å². The molecule has 0 aromatic heterocycles. The maximum atomic E-state index is 10.7. The van der Waals surface area contributed by atoms with Crippen LogP contribution in [0, 0.1) is 20.2 Å². The lowest BCUT2D eigenvalue weighted by Gasteiger charge is -2.26. The highest BCUT2D eigenvalue weighted by Crippen LogP contribution is 2.18. The molecule has 0 aliphatic heterocycles. The van der Waals surface area contributed by atoms with E-state index in [1.807, 2.05) is 0 Å². The largest absolute Gasteiger partial charge is 0.292 e. The fraction of sp³-hybridized carbons (Fsp3) is 0.294. The highest BCUT2D eigenvalue weighted by Gasteiger charge is 2.13. The predicted molar refractivity (Wildman–Crippen MR) is 90.6 cm³/mol. The monoisotopic (exact) mass is 329 g/mol. The van der Waals surface area contributed by atoms with Crippen LogP contribution in [0.5, 0.6) is 0 Å². The minimum absolute atomic E-state index is 0.0743. The third-order valence-electron chi connectivity index (χ3n) is 3.80. The van der Waals surface area contributed by atoms with E-state index in [0.29, 0.717) is 13.1 Å². The van der Waals surface area contributed by atoms with E-state index in [2.05, 4.69) is 18.7 Å². The zero-order chi connectivity index (χ0) is 17.7. The molecule has 2 rings (SSSR count). The second kappa shape index (κ2) is 7.65. The fourth-order valence-electron chi connectivity index (χ4n) is 2.34. The summed E-state index contributed by atoms with van der Waals surface area (Å²) in [6.45, 7) is 5.42. The van der Waals surface area contributed by atoms with Crippen molar-refractivity contribution < 1.29 is 9.85 Å². The third-order valence-corrected chi connectivity index (χ3v) is 3.80. The van der Waals surface area contributed by atoms with E-state index < -0.39 is 9.85 Å². The van der Waals surface area contributed by atoms with Gasteiger partial charge in [0.15, 0.2) is 0 Å². The first kappa shape index (κ1) is 17.6. The predicted octanol–water partition coefficient (Wildman–Crippen LogP) is 3.91. The number of benzene rings is 2. The van der Waals surface area contributed by atoms with Gasteiger partial charge in [-0.15, -0.1) is 0 Å². The van der Waals surface area contributed by atoms with Crippen LogP contribution in [0.25, 0.3) is 0 Å². The highest BCUT2D eigenvalue weighted by molar-refractivity contribution is 5.34. The van der Waals surface area contributed by atoms with E-state index in [4.69, 9.17) is 0 Å². The van der Waals surface area contributed by atoms with Crippen LogP contribution in [0.1, 0.15) is 25.0 Å². The molecular formula is C17H19N3O4. The van der Waals surface area contributed by atoms with Crippen molar-refractivity contribution in [3.05, 3.63) is 79.9 Å². The fourth-order valence-corrected chi connectivity index (χ4v) is 2.34. The van der Waals surface area contributed by atoms with Gasteiger partial charge in [0, 0.05) is 43.4 Å². The molecule has 0 N–H and O–H groups in total. The van der Waals surface area contributed by atoms with E-state index in [9.17, 15) is 20.2 Å². The van der Waals surface area contributed by atoms with Gasteiger partial charge in [0.2, 0.25) is 0 Å². The summed E-state index contributed by atoms with van der Waals surface area (Å²) in [5.41, 5.74) is 2.11. The van der Waals surface area contributed by atoms with Gasteiger partial charge in [0.05, 0.1) is 9.85 Å². The van der Waals surface area contributed by atoms with E-state index in [1.165, 1.54) is 24.3 Å². The molecule has 2 aromatic rings. The smallest absolute Gasteiger partial charge is 0.269 e. The van der Waals surface area contributed by atoms with Crippen molar-refractivity contribution in [3.8, 4) is 0 Å². The van der Waals surface area contributed by atoms with Crippen LogP contribution in [0.3, 0.4) is 0 Å². The molecule has 2 aromatic carbocycles. The molecule has 0 aliphatic carbocycles. The number of nitro benzene ring substituents is 2. The van der Waals surface area contributed by atoms with Gasteiger partial charge in [-0.2, -0.15) is 0 Å². The first-order valence-corrected chi connectivity index (χ1v) is 7.57. The van der Waals surface area contributed by atoms with Crippen molar-refractivity contribution >= 4 is 11.4 Å². The van der Waals surface area contributed by atoms with Crippen LogP contribution < -0.4 is 0 Å². The van der Waals surface area contributed by atoms with Gasteiger partial charge in [-0.1, -0.05) is 24.3 Å². The number of non-ortho nitro benzene ring substituents is 2. The zero-order valence-electron chi connectivity index (χ0n) is 13.6. The van der Waals surface area contributed by atoms with Crippen LogP contribution in [-0.2, 0) is 13.1 Å². The summed E-state index contributed by atoms with van der Waals surface area (Å²) in [5.74, 6) is 0. The Morgan fingerprint density at radius 2 is 1.12 bits per heavy atom. The molecule has 0 heterocycles. The lowest BCUT2D eigenvalue weighted by Crippen LogP contribution is -2.29. The Morgan fingerprint density at radius 3 is 1.38 bits per heavy atom. The Balaban J connectivity index is 2.08. The summed E-state index contributed by atoms with van der Waals surface area (Å²) in [6.07, 6.45) is 0. The quantitative estimate of drug-likeness (QED) is 0.567. The normalized spacial score (nSPS) is 11.0. The van der Waals surface area contributed by atoms with Crippen molar-refractivity contribution in [3.63, 3.8) is 0 Å². The molecule has 0 unspecified atom stereocenters. The summed E-state index contributed by atoms with van der Waals surface area (Å²) in [4.78, 5) is 22.8. The minimum atomic E-state index is -0.416. The van der Waals surface area contributed by atoms with Crippen molar-refractivity contribution in [1.29, 1.82) is 0 Å². The molecule has 0 aliphatic rings. The number of hydrogen-bond acceptors (Lipinski definition) is 5. The van der Waals surface area contributed by atoms with E-state index in [-0.39, 0.29) is 17.4 Å². The molecule has 7 nitrogen and oxygen atoms in total. The third kappa shape index (κ3) is 4.60. The first-order chi connectivity index (χ1) is 11.4. The maximum absolute atomic E-state index is 10.7. The van der Waals surface area contributed by atoms with Crippen LogP contribution >= 0.6 is 0 Å². The topological polar surface area (TPSA) is 89.5 Å². The van der Waals surface area contributed by atoms with Gasteiger partial charge in [0.1, 0.15) is 0 Å². The van der Waals surface area contributed by atoms with Crippen LogP contribution in [-0.4, -0.2) is 20.8 Å². The first-order valence-electron chi connectivity index (χ1n) is 7.57. The SMILES string of the molecule is CC(C)N(Cc1ccc([N+](=O)[O-])cc1)Cc1ccc([N+](=O)[O-])cc1. The van der Waals surface area contributed by atoms with Crippen molar-refractivity contribution in [2.45, 2.75) is 33.0 Å². The van der Waals surface area contributed by atoms with Gasteiger partial charge < -0.3 is 0 Å². The highest BCUT2D eigenvalue weighted by atomic mass is 16.6. The molecule has 0 fully saturated rings. The van der Waals surface area contributed by atoms with Crippen molar-refractivity contribution in [2.24, 2.45) is 0 Å². The molecule has 0 saturated carbocycles. The Labute approximate surface area is 139 Å². The summed E-state index contributed by atoms with van der Waals surface area (Å²) in [6, 6.07) is 13.3. The van der Waals surface area contributed by atoms with Crippen molar-refractivity contribution in [2.75, 3.05) is 0 Å². The molecule has 0 radical (unpaired) electrons. The van der Waals surface area contributed by atoms with Crippen LogP contribution in [0.15, 0.2) is 48.5 Å². The summed E-state index contributed by atoms with van der Waals surface area (Å²) in [7, 11) is 0. The summed E-state index contributed by atoms with van der Waals surface area (Å²) in [5, 5.41) is 21.4. The summed E-state index contributed by atoms with van der Waals surface area (Å²) >= 11 is 0. The Kier molecular flexibility index (Phi) is 5.59. The lowest BCUT2D eigenvalue weighted by molar-refractivity contribution is -0.385. The minimum Gasteiger partial charge on any atom is -0.292 e. The van der Waals surface area contributed by atoms with Gasteiger partial charge in [0.25, 0.3) is 11.4 Å². The molecule has 24 heavy (non-hydrogen) atoms. The second-order valence-corrected chi connectivity index (χ2v) is 5.85. The van der Waals surface area contributed by atoms with Gasteiger partial charge in [-0.3, -0.25) is 25.1 Å². The molecule has 0 atom stereocenters. The average molecular weight is 329 g/mol. The molecule has 0 saturated heterocycles. The van der Waals surface area contributed by atoms with Gasteiger partial charge in [-0.05, 0) is 25.0 Å². The standard InChI is InChI=1S/C17H19N3O4/c1-13(2)18(11-14-3-7-16(8-4-14)19(21)22)12-15-5-9-17(10-6-15)20(23)24/h3-10,13H,11-12H2,1-2H3. The molecule has 7 heteroatoms. The molecule has 0 amide bonds. The van der Waals surface area contributed by atoms with Crippen LogP contribution in [0.2, 0.25) is 0 Å². The number of nitrogens with zero attached hydrogens (tertiary/aromatic N) is 3. The Morgan fingerprint density at radius 1 is 0.792 bits per heavy atom. The average Bonchev–Trinajstić information content (AvgIpc) is 2.55. The zero-order valence-corrected chi connectivity index (χ0v) is 13.6. The molecular weight excluding hydrogens is 310 g/mol. The molecule has 0 spiro atoms. The van der Waals surface area contributed by atoms with E-state index in [0.717, 1.165) is 11.1 Å². The second-order valence-electron chi connectivity index (χ2n) is 5.85. The van der Waals surface area contributed by atoms with Crippen LogP contribution in [0.4, 0.5) is 11.4 Å². The maximum Gasteiger partial charge on any atom is 0.269 e. The number of rotatable bonds is 7. The molecule has 126 valence electrons. The Bertz CT molecular complexity index is 652. The van der Waals surface area contributed by atoms with Gasteiger partial charge >= 0.3 is 0 Å². The Hall–Kier alpha value is -2.80. The number of hydrogen-bond donors (Lipinski definition) is 0. The van der Waals surface area contributed by atoms with Crippen molar-refractivity contribution in [1.82, 2.24) is 4.90 Å². The van der Waals surface area contributed by atoms with Gasteiger partial charge in [-0.25, -0.2) is 0 Å². The summed E-state index contributed by atoms with van der Waals surface area (Å²) < 4.78 is 0. The number of nitro groups is 2. The lowest BCUT2D eigenvalue weighted by atomic mass is 10.1. The molecule has 0 bridgehead atoms. The van der Waals surface area contributed by atoms with E-state index >= 15 is 0 Å².